The number of nitrogens with zero attached hydrogens (tertiary/aromatic N) is 1. The van der Waals surface area contributed by atoms with Crippen LogP contribution < -0.4 is 0 Å². The molecule has 0 bridgehead atoms. The van der Waals surface area contributed by atoms with Crippen LogP contribution in [0.5, 0.6) is 0 Å². The van der Waals surface area contributed by atoms with E-state index in [-0.39, 0.29) is 0 Å². The molecular weight excluding hydrogens is 174 g/mol. The number of thiophene rings is 1. The fraction of sp³-hybridized carbons (Fsp3) is 0. The summed E-state index contributed by atoms with van der Waals surface area (Å²) >= 11 is 1.21. The Balaban J connectivity index is 2.79. The zero-order valence-electron chi connectivity index (χ0n) is 6.02. The summed E-state index contributed by atoms with van der Waals surface area (Å²) in [6.07, 6.45) is 1.60. The Kier molecular flexibility index (Phi) is 1.55. The highest BCUT2D eigenvalue weighted by Gasteiger charge is 2.10. The molecule has 0 radical (unpaired) electrons. The monoisotopic (exact) mass is 179 g/mol. The Morgan fingerprint density at radius 3 is 3.17 bits per heavy atom. The Morgan fingerprint density at radius 1 is 1.58 bits per heavy atom. The molecule has 4 heteroatoms. The van der Waals surface area contributed by atoms with Crippen molar-refractivity contribution in [3.63, 3.8) is 0 Å². The number of aromatic carboxylic acids is 1. The number of carboxylic acid groups (broad SMARTS) is 1. The maximum atomic E-state index is 10.6. The van der Waals surface area contributed by atoms with Gasteiger partial charge >= 0.3 is 5.97 Å². The van der Waals surface area contributed by atoms with Crippen molar-refractivity contribution in [1.29, 1.82) is 0 Å². The fourth-order valence-corrected chi connectivity index (χ4v) is 1.85. The van der Waals surface area contributed by atoms with Crippen molar-refractivity contribution in [2.24, 2.45) is 0 Å². The topological polar surface area (TPSA) is 50.2 Å². The summed E-state index contributed by atoms with van der Waals surface area (Å²) in [5, 5.41) is 11.4. The molecule has 0 fully saturated rings. The fourth-order valence-electron chi connectivity index (χ4n) is 1.03. The number of hydrogen-bond acceptors (Lipinski definition) is 3. The van der Waals surface area contributed by atoms with Gasteiger partial charge in [0.05, 0.1) is 5.52 Å². The van der Waals surface area contributed by atoms with Crippen molar-refractivity contribution in [1.82, 2.24) is 4.98 Å². The SMILES string of the molecule is O=C(O)c1scc2cccnc12. The average molecular weight is 179 g/mol. The third-order valence-corrected chi connectivity index (χ3v) is 2.53. The Morgan fingerprint density at radius 2 is 2.42 bits per heavy atom. The summed E-state index contributed by atoms with van der Waals surface area (Å²) in [7, 11) is 0. The standard InChI is InChI=1S/C8H5NO2S/c10-8(11)7-6-5(4-12-7)2-1-3-9-6/h1-4H,(H,10,11). The molecule has 0 aliphatic rings. The van der Waals surface area contributed by atoms with Gasteiger partial charge in [-0.25, -0.2) is 4.79 Å². The van der Waals surface area contributed by atoms with E-state index in [1.165, 1.54) is 11.3 Å². The number of carbonyl (C=O) groups is 1. The number of aromatic nitrogens is 1. The van der Waals surface area contributed by atoms with Gasteiger partial charge in [-0.15, -0.1) is 11.3 Å². The van der Waals surface area contributed by atoms with Gasteiger partial charge in [0, 0.05) is 17.0 Å². The zero-order chi connectivity index (χ0) is 8.55. The van der Waals surface area contributed by atoms with Gasteiger partial charge in [0.15, 0.2) is 0 Å². The smallest absolute Gasteiger partial charge is 0.348 e. The van der Waals surface area contributed by atoms with E-state index < -0.39 is 5.97 Å². The Labute approximate surface area is 72.3 Å². The minimum atomic E-state index is -0.909. The normalized spacial score (nSPS) is 10.3. The lowest BCUT2D eigenvalue weighted by molar-refractivity contribution is 0.0704. The van der Waals surface area contributed by atoms with Crippen LogP contribution in [0.3, 0.4) is 0 Å². The third-order valence-electron chi connectivity index (χ3n) is 1.55. The molecule has 2 heterocycles. The second-order valence-electron chi connectivity index (χ2n) is 2.31. The Hall–Kier alpha value is -1.42. The van der Waals surface area contributed by atoms with Gasteiger partial charge in [0.25, 0.3) is 0 Å². The van der Waals surface area contributed by atoms with Crippen LogP contribution in [-0.4, -0.2) is 16.1 Å². The first-order valence-electron chi connectivity index (χ1n) is 3.34. The minimum Gasteiger partial charge on any atom is -0.477 e. The lowest BCUT2D eigenvalue weighted by atomic mass is 10.3. The number of fused-ring (bicyclic) bond motifs is 1. The predicted octanol–water partition coefficient (Wildman–Crippen LogP) is 1.99. The molecule has 0 saturated carbocycles. The highest BCUT2D eigenvalue weighted by Crippen LogP contribution is 2.22. The van der Waals surface area contributed by atoms with Gasteiger partial charge in [-0.2, -0.15) is 0 Å². The van der Waals surface area contributed by atoms with Crippen LogP contribution in [-0.2, 0) is 0 Å². The molecule has 0 aromatic carbocycles. The van der Waals surface area contributed by atoms with Gasteiger partial charge in [0.1, 0.15) is 4.88 Å². The number of rotatable bonds is 1. The number of pyridine rings is 1. The van der Waals surface area contributed by atoms with Gasteiger partial charge < -0.3 is 5.11 Å². The van der Waals surface area contributed by atoms with Crippen molar-refractivity contribution >= 4 is 28.2 Å². The van der Waals surface area contributed by atoms with Crippen LogP contribution in [0.1, 0.15) is 9.67 Å². The minimum absolute atomic E-state index is 0.311. The first-order chi connectivity index (χ1) is 5.79. The van der Waals surface area contributed by atoms with Crippen molar-refractivity contribution in [2.45, 2.75) is 0 Å². The second-order valence-corrected chi connectivity index (χ2v) is 3.19. The van der Waals surface area contributed by atoms with Crippen molar-refractivity contribution in [2.75, 3.05) is 0 Å². The number of carboxylic acids is 1. The third kappa shape index (κ3) is 0.967. The first kappa shape index (κ1) is 7.24. The predicted molar refractivity (Wildman–Crippen MR) is 46.6 cm³/mol. The van der Waals surface area contributed by atoms with Gasteiger partial charge in [-0.3, -0.25) is 4.98 Å². The second kappa shape index (κ2) is 2.57. The molecule has 2 aromatic heterocycles. The van der Waals surface area contributed by atoms with Crippen LogP contribution >= 0.6 is 11.3 Å². The molecule has 2 aromatic rings. The van der Waals surface area contributed by atoms with E-state index in [9.17, 15) is 4.79 Å². The summed E-state index contributed by atoms with van der Waals surface area (Å²) in [5.41, 5.74) is 0.579. The maximum absolute atomic E-state index is 10.6. The van der Waals surface area contributed by atoms with Gasteiger partial charge in [0.2, 0.25) is 0 Å². The highest BCUT2D eigenvalue weighted by molar-refractivity contribution is 7.13. The summed E-state index contributed by atoms with van der Waals surface area (Å²) in [5.74, 6) is -0.909. The molecular formula is C8H5NO2S. The van der Waals surface area contributed by atoms with Crippen molar-refractivity contribution < 1.29 is 9.90 Å². The van der Waals surface area contributed by atoms with Crippen LogP contribution in [0.4, 0.5) is 0 Å². The molecule has 60 valence electrons. The van der Waals surface area contributed by atoms with Crippen LogP contribution in [0.2, 0.25) is 0 Å². The molecule has 0 aliphatic heterocycles. The molecule has 3 nitrogen and oxygen atoms in total. The zero-order valence-corrected chi connectivity index (χ0v) is 6.84. The molecule has 12 heavy (non-hydrogen) atoms. The van der Waals surface area contributed by atoms with E-state index in [0.717, 1.165) is 5.39 Å². The van der Waals surface area contributed by atoms with E-state index in [1.807, 2.05) is 6.07 Å². The van der Waals surface area contributed by atoms with Gasteiger partial charge in [-0.1, -0.05) is 6.07 Å². The van der Waals surface area contributed by atoms with E-state index in [4.69, 9.17) is 5.11 Å². The van der Waals surface area contributed by atoms with E-state index in [0.29, 0.717) is 10.4 Å². The maximum Gasteiger partial charge on any atom is 0.348 e. The molecule has 0 aliphatic carbocycles. The van der Waals surface area contributed by atoms with E-state index in [1.54, 1.807) is 17.6 Å². The largest absolute Gasteiger partial charge is 0.477 e. The summed E-state index contributed by atoms with van der Waals surface area (Å²) in [4.78, 5) is 14.9. The molecule has 0 atom stereocenters. The molecule has 2 rings (SSSR count). The van der Waals surface area contributed by atoms with Crippen molar-refractivity contribution in [3.8, 4) is 0 Å². The molecule has 0 amide bonds. The summed E-state index contributed by atoms with van der Waals surface area (Å²) in [6, 6.07) is 3.64. The number of hydrogen-bond donors (Lipinski definition) is 1. The van der Waals surface area contributed by atoms with Crippen LogP contribution in [0.25, 0.3) is 10.9 Å². The van der Waals surface area contributed by atoms with Crippen molar-refractivity contribution in [3.05, 3.63) is 28.6 Å². The van der Waals surface area contributed by atoms with Gasteiger partial charge in [-0.05, 0) is 6.07 Å². The highest BCUT2D eigenvalue weighted by atomic mass is 32.1. The lowest BCUT2D eigenvalue weighted by Gasteiger charge is -1.88. The molecule has 1 N–H and O–H groups in total. The quantitative estimate of drug-likeness (QED) is 0.728. The molecule has 0 spiro atoms. The molecule has 0 unspecified atom stereocenters. The van der Waals surface area contributed by atoms with E-state index >= 15 is 0 Å². The first-order valence-corrected chi connectivity index (χ1v) is 4.22. The Bertz CT molecular complexity index is 435. The van der Waals surface area contributed by atoms with E-state index in [2.05, 4.69) is 4.98 Å². The average Bonchev–Trinajstić information content (AvgIpc) is 2.47. The van der Waals surface area contributed by atoms with Crippen LogP contribution in [0, 0.1) is 0 Å². The summed E-state index contributed by atoms with van der Waals surface area (Å²) < 4.78 is 0. The molecule has 0 saturated heterocycles. The summed E-state index contributed by atoms with van der Waals surface area (Å²) in [6.45, 7) is 0. The lowest BCUT2D eigenvalue weighted by Crippen LogP contribution is -1.92. The van der Waals surface area contributed by atoms with Crippen LogP contribution in [0.15, 0.2) is 23.7 Å².